The number of anilines is 1. The molecule has 3 aliphatic heterocycles. The molecule has 0 saturated carbocycles. The number of piperazine rings is 1. The minimum absolute atomic E-state index is 0. The van der Waals surface area contributed by atoms with Crippen molar-refractivity contribution >= 4 is 41.7 Å². The maximum Gasteiger partial charge on any atom is 0.262 e. The molecule has 0 aromatic heterocycles. The number of hydrogen-bond acceptors (Lipinski definition) is 7. The minimum Gasteiger partial charge on any atom is -0.373 e. The lowest BCUT2D eigenvalue weighted by Crippen LogP contribution is -2.54. The number of benzene rings is 1. The first-order valence-corrected chi connectivity index (χ1v) is 9.95. The highest BCUT2D eigenvalue weighted by Gasteiger charge is 2.44. The van der Waals surface area contributed by atoms with Gasteiger partial charge in [-0.25, -0.2) is 0 Å². The fourth-order valence-electron chi connectivity index (χ4n) is 4.05. The first kappa shape index (κ1) is 22.2. The van der Waals surface area contributed by atoms with Gasteiger partial charge in [0.25, 0.3) is 11.8 Å². The molecule has 0 aliphatic carbocycles. The molecule has 1 unspecified atom stereocenters. The molecule has 0 bridgehead atoms. The SMILES string of the molecule is CN(CCN1CCNCC1)c1ccc2c(c1)C(=O)N(C1CCC(=O)NC1=O)C2=O.Cl. The molecule has 1 aromatic carbocycles. The van der Waals surface area contributed by atoms with Crippen LogP contribution in [0.3, 0.4) is 0 Å². The van der Waals surface area contributed by atoms with Gasteiger partial charge in [0.05, 0.1) is 11.1 Å². The van der Waals surface area contributed by atoms with E-state index in [2.05, 4.69) is 20.4 Å². The van der Waals surface area contributed by atoms with Crippen molar-refractivity contribution in [2.45, 2.75) is 18.9 Å². The monoisotopic (exact) mass is 435 g/mol. The van der Waals surface area contributed by atoms with Gasteiger partial charge in [-0.15, -0.1) is 12.4 Å². The predicted molar refractivity (Wildman–Crippen MR) is 113 cm³/mol. The molecule has 4 rings (SSSR count). The minimum atomic E-state index is -0.936. The Balaban J connectivity index is 0.00000256. The van der Waals surface area contributed by atoms with Crippen LogP contribution in [0.2, 0.25) is 0 Å². The number of rotatable bonds is 5. The molecule has 0 spiro atoms. The summed E-state index contributed by atoms with van der Waals surface area (Å²) in [5.41, 5.74) is 1.47. The molecule has 3 aliphatic rings. The number of carbonyl (C=O) groups is 4. The van der Waals surface area contributed by atoms with Gasteiger partial charge in [0.1, 0.15) is 6.04 Å². The van der Waals surface area contributed by atoms with Crippen molar-refractivity contribution in [3.05, 3.63) is 29.3 Å². The van der Waals surface area contributed by atoms with E-state index in [-0.39, 0.29) is 31.2 Å². The molecule has 2 saturated heterocycles. The van der Waals surface area contributed by atoms with Gasteiger partial charge < -0.3 is 10.2 Å². The van der Waals surface area contributed by atoms with Crippen molar-refractivity contribution in [2.75, 3.05) is 51.2 Å². The zero-order chi connectivity index (χ0) is 20.5. The summed E-state index contributed by atoms with van der Waals surface area (Å²) < 4.78 is 0. The van der Waals surface area contributed by atoms with E-state index < -0.39 is 23.8 Å². The molecular formula is C20H26ClN5O4. The topological polar surface area (TPSA) is 102 Å². The van der Waals surface area contributed by atoms with Gasteiger partial charge in [-0.3, -0.25) is 34.3 Å². The second kappa shape index (κ2) is 9.11. The number of piperidine rings is 1. The van der Waals surface area contributed by atoms with Gasteiger partial charge >= 0.3 is 0 Å². The summed E-state index contributed by atoms with van der Waals surface area (Å²) >= 11 is 0. The van der Waals surface area contributed by atoms with Crippen molar-refractivity contribution in [3.63, 3.8) is 0 Å². The van der Waals surface area contributed by atoms with Crippen LogP contribution < -0.4 is 15.5 Å². The van der Waals surface area contributed by atoms with E-state index in [0.29, 0.717) is 11.1 Å². The van der Waals surface area contributed by atoms with Crippen molar-refractivity contribution in [1.82, 2.24) is 20.4 Å². The Morgan fingerprint density at radius 2 is 1.77 bits per heavy atom. The van der Waals surface area contributed by atoms with Gasteiger partial charge in [-0.1, -0.05) is 0 Å². The van der Waals surface area contributed by atoms with Crippen LogP contribution in [0.4, 0.5) is 5.69 Å². The Kier molecular flexibility index (Phi) is 6.74. The molecule has 1 atom stereocenters. The maximum atomic E-state index is 12.9. The second-order valence-electron chi connectivity index (χ2n) is 7.69. The zero-order valence-electron chi connectivity index (χ0n) is 16.8. The normalized spacial score (nSPS) is 21.9. The third kappa shape index (κ3) is 4.19. The molecule has 162 valence electrons. The second-order valence-corrected chi connectivity index (χ2v) is 7.69. The Hall–Kier alpha value is -2.49. The van der Waals surface area contributed by atoms with E-state index in [0.717, 1.165) is 49.9 Å². The lowest BCUT2D eigenvalue weighted by atomic mass is 10.0. The number of nitrogens with zero attached hydrogens (tertiary/aromatic N) is 3. The van der Waals surface area contributed by atoms with Crippen molar-refractivity contribution in [2.24, 2.45) is 0 Å². The Labute approximate surface area is 181 Å². The highest BCUT2D eigenvalue weighted by atomic mass is 35.5. The van der Waals surface area contributed by atoms with Gasteiger partial charge in [0, 0.05) is 58.4 Å². The van der Waals surface area contributed by atoms with Crippen LogP contribution in [0.5, 0.6) is 0 Å². The molecule has 2 N–H and O–H groups in total. The fraction of sp³-hybridized carbons (Fsp3) is 0.500. The van der Waals surface area contributed by atoms with E-state index in [1.165, 1.54) is 0 Å². The van der Waals surface area contributed by atoms with Gasteiger partial charge in [0.15, 0.2) is 0 Å². The van der Waals surface area contributed by atoms with Crippen LogP contribution in [-0.2, 0) is 9.59 Å². The molecule has 1 aromatic rings. The molecule has 10 heteroatoms. The van der Waals surface area contributed by atoms with E-state index in [9.17, 15) is 19.2 Å². The van der Waals surface area contributed by atoms with E-state index in [1.54, 1.807) is 12.1 Å². The third-order valence-electron chi connectivity index (χ3n) is 5.83. The number of imide groups is 2. The largest absolute Gasteiger partial charge is 0.373 e. The first-order chi connectivity index (χ1) is 14.0. The summed E-state index contributed by atoms with van der Waals surface area (Å²) in [5, 5.41) is 5.54. The first-order valence-electron chi connectivity index (χ1n) is 9.95. The van der Waals surface area contributed by atoms with Gasteiger partial charge in [-0.2, -0.15) is 0 Å². The van der Waals surface area contributed by atoms with Crippen LogP contribution in [0.15, 0.2) is 18.2 Å². The quantitative estimate of drug-likeness (QED) is 0.620. The van der Waals surface area contributed by atoms with Crippen molar-refractivity contribution < 1.29 is 19.2 Å². The van der Waals surface area contributed by atoms with Gasteiger partial charge in [-0.05, 0) is 24.6 Å². The summed E-state index contributed by atoms with van der Waals surface area (Å²) in [6.07, 6.45) is 0.275. The lowest BCUT2D eigenvalue weighted by Gasteiger charge is -2.29. The fourth-order valence-corrected chi connectivity index (χ4v) is 4.05. The summed E-state index contributed by atoms with van der Waals surface area (Å²) in [5.74, 6) is -1.92. The maximum absolute atomic E-state index is 12.9. The summed E-state index contributed by atoms with van der Waals surface area (Å²) in [6.45, 7) is 5.75. The molecular weight excluding hydrogens is 410 g/mol. The molecule has 0 radical (unpaired) electrons. The number of likely N-dealkylation sites (N-methyl/N-ethyl adjacent to an activating group) is 1. The average Bonchev–Trinajstić information content (AvgIpc) is 2.97. The van der Waals surface area contributed by atoms with E-state index >= 15 is 0 Å². The average molecular weight is 436 g/mol. The standard InChI is InChI=1S/C20H25N5O4.ClH/c1-23(10-11-24-8-6-21-7-9-24)13-2-3-14-15(12-13)20(29)25(19(14)28)16-4-5-17(26)22-18(16)27;/h2-3,12,16,21H,4-11H2,1H3,(H,22,26,27);1H. The molecule has 9 nitrogen and oxygen atoms in total. The number of nitrogens with one attached hydrogen (secondary N) is 2. The van der Waals surface area contributed by atoms with E-state index in [4.69, 9.17) is 0 Å². The van der Waals surface area contributed by atoms with Crippen LogP contribution in [0.1, 0.15) is 33.6 Å². The summed E-state index contributed by atoms with van der Waals surface area (Å²) in [6, 6.07) is 4.27. The van der Waals surface area contributed by atoms with Gasteiger partial charge in [0.2, 0.25) is 11.8 Å². The Morgan fingerprint density at radius 3 is 2.47 bits per heavy atom. The number of amides is 4. The predicted octanol–water partition coefficient (Wildman–Crippen LogP) is -0.149. The van der Waals surface area contributed by atoms with Crippen molar-refractivity contribution in [3.8, 4) is 0 Å². The highest BCUT2D eigenvalue weighted by Crippen LogP contribution is 2.30. The smallest absolute Gasteiger partial charge is 0.262 e. The molecule has 2 fully saturated rings. The number of halogens is 1. The molecule has 4 amide bonds. The summed E-state index contributed by atoms with van der Waals surface area (Å²) in [7, 11) is 1.96. The van der Waals surface area contributed by atoms with E-state index in [1.807, 2.05) is 13.1 Å². The lowest BCUT2D eigenvalue weighted by molar-refractivity contribution is -0.136. The number of carbonyl (C=O) groups excluding carboxylic acids is 4. The van der Waals surface area contributed by atoms with Crippen LogP contribution in [0.25, 0.3) is 0 Å². The number of fused-ring (bicyclic) bond motifs is 1. The van der Waals surface area contributed by atoms with Crippen LogP contribution >= 0.6 is 12.4 Å². The van der Waals surface area contributed by atoms with Crippen molar-refractivity contribution in [1.29, 1.82) is 0 Å². The Bertz CT molecular complexity index is 871. The summed E-state index contributed by atoms with van der Waals surface area (Å²) in [4.78, 5) is 54.7. The van der Waals surface area contributed by atoms with Crippen LogP contribution in [0, 0.1) is 0 Å². The Morgan fingerprint density at radius 1 is 1.07 bits per heavy atom. The highest BCUT2D eigenvalue weighted by molar-refractivity contribution is 6.23. The molecule has 30 heavy (non-hydrogen) atoms. The zero-order valence-corrected chi connectivity index (χ0v) is 17.7. The third-order valence-corrected chi connectivity index (χ3v) is 5.83. The molecule has 3 heterocycles. The number of hydrogen-bond donors (Lipinski definition) is 2. The van der Waals surface area contributed by atoms with Crippen LogP contribution in [-0.4, -0.2) is 85.8 Å².